The molecule has 4 nitrogen and oxygen atoms in total. The first-order chi connectivity index (χ1) is 9.00. The number of nitrogens with zero attached hydrogens (tertiary/aromatic N) is 1. The van der Waals surface area contributed by atoms with Gasteiger partial charge in [-0.05, 0) is 43.2 Å². The minimum Gasteiger partial charge on any atom is -0.464 e. The highest BCUT2D eigenvalue weighted by Gasteiger charge is 2.26. The minimum atomic E-state index is -0.395. The van der Waals surface area contributed by atoms with E-state index in [0.29, 0.717) is 17.2 Å². The second-order valence-corrected chi connectivity index (χ2v) is 6.00. The van der Waals surface area contributed by atoms with E-state index in [4.69, 9.17) is 0 Å². The second kappa shape index (κ2) is 5.59. The zero-order valence-corrected chi connectivity index (χ0v) is 11.9. The van der Waals surface area contributed by atoms with Crippen LogP contribution in [0, 0.1) is 5.41 Å². The number of rotatable bonds is 3. The van der Waals surface area contributed by atoms with Crippen LogP contribution in [-0.2, 0) is 4.74 Å². The Morgan fingerprint density at radius 1 is 1.42 bits per heavy atom. The number of carbonyl (C=O) groups excluding carboxylic acids is 1. The smallest absolute Gasteiger partial charge is 0.356 e. The Hall–Kier alpha value is -1.58. The predicted molar refractivity (Wildman–Crippen MR) is 75.2 cm³/mol. The van der Waals surface area contributed by atoms with Crippen molar-refractivity contribution >= 4 is 11.7 Å². The number of aromatic nitrogens is 1. The molecule has 4 heteroatoms. The molecule has 0 radical (unpaired) electrons. The highest BCUT2D eigenvalue weighted by molar-refractivity contribution is 5.88. The molecule has 1 saturated carbocycles. The monoisotopic (exact) mass is 262 g/mol. The Bertz CT molecular complexity index is 447. The van der Waals surface area contributed by atoms with Gasteiger partial charge in [0.2, 0.25) is 0 Å². The van der Waals surface area contributed by atoms with Crippen molar-refractivity contribution in [1.82, 2.24) is 4.98 Å². The zero-order chi connectivity index (χ0) is 13.9. The molecule has 104 valence electrons. The fourth-order valence-electron chi connectivity index (χ4n) is 2.52. The first-order valence-electron chi connectivity index (χ1n) is 6.81. The Morgan fingerprint density at radius 3 is 2.74 bits per heavy atom. The van der Waals surface area contributed by atoms with Crippen LogP contribution in [-0.4, -0.2) is 24.1 Å². The van der Waals surface area contributed by atoms with Crippen LogP contribution in [0.25, 0.3) is 0 Å². The molecule has 1 aromatic rings. The van der Waals surface area contributed by atoms with Crippen molar-refractivity contribution < 1.29 is 9.53 Å². The lowest BCUT2D eigenvalue weighted by atomic mass is 9.75. The van der Waals surface area contributed by atoms with Crippen molar-refractivity contribution in [3.8, 4) is 0 Å². The average Bonchev–Trinajstić information content (AvgIpc) is 2.41. The van der Waals surface area contributed by atoms with Gasteiger partial charge in [0.15, 0.2) is 0 Å². The van der Waals surface area contributed by atoms with Gasteiger partial charge in [-0.1, -0.05) is 13.8 Å². The minimum absolute atomic E-state index is 0.351. The number of ether oxygens (including phenoxy) is 1. The Morgan fingerprint density at radius 2 is 2.11 bits per heavy atom. The SMILES string of the molecule is COC(=O)c1cc(NC2CCC(C)(C)CC2)ccn1. The van der Waals surface area contributed by atoms with Crippen LogP contribution in [0.5, 0.6) is 0 Å². The average molecular weight is 262 g/mol. The van der Waals surface area contributed by atoms with E-state index in [1.165, 1.54) is 32.8 Å². The van der Waals surface area contributed by atoms with Gasteiger partial charge in [-0.3, -0.25) is 0 Å². The third-order valence-corrected chi connectivity index (χ3v) is 3.86. The molecule has 1 fully saturated rings. The summed E-state index contributed by atoms with van der Waals surface area (Å²) >= 11 is 0. The van der Waals surface area contributed by atoms with Gasteiger partial charge in [-0.15, -0.1) is 0 Å². The highest BCUT2D eigenvalue weighted by Crippen LogP contribution is 2.36. The quantitative estimate of drug-likeness (QED) is 0.850. The van der Waals surface area contributed by atoms with Crippen molar-refractivity contribution in [3.05, 3.63) is 24.0 Å². The summed E-state index contributed by atoms with van der Waals surface area (Å²) in [7, 11) is 1.37. The van der Waals surface area contributed by atoms with Gasteiger partial charge in [0, 0.05) is 17.9 Å². The van der Waals surface area contributed by atoms with Crippen molar-refractivity contribution in [2.45, 2.75) is 45.6 Å². The maximum Gasteiger partial charge on any atom is 0.356 e. The first-order valence-corrected chi connectivity index (χ1v) is 6.81. The van der Waals surface area contributed by atoms with Crippen LogP contribution in [0.15, 0.2) is 18.3 Å². The predicted octanol–water partition coefficient (Wildman–Crippen LogP) is 3.25. The molecule has 0 atom stereocenters. The molecular weight excluding hydrogens is 240 g/mol. The van der Waals surface area contributed by atoms with E-state index in [2.05, 4.69) is 28.9 Å². The number of esters is 1. The molecule has 2 rings (SSSR count). The van der Waals surface area contributed by atoms with Crippen LogP contribution in [0.1, 0.15) is 50.0 Å². The van der Waals surface area contributed by atoms with Crippen LogP contribution in [0.3, 0.4) is 0 Å². The molecule has 1 aliphatic rings. The number of hydrogen-bond donors (Lipinski definition) is 1. The lowest BCUT2D eigenvalue weighted by molar-refractivity contribution is 0.0594. The Labute approximate surface area is 114 Å². The molecule has 0 amide bonds. The van der Waals surface area contributed by atoms with E-state index in [-0.39, 0.29) is 0 Å². The van der Waals surface area contributed by atoms with Crippen LogP contribution in [0.2, 0.25) is 0 Å². The van der Waals surface area contributed by atoms with E-state index in [1.54, 1.807) is 12.3 Å². The molecule has 0 aromatic carbocycles. The lowest BCUT2D eigenvalue weighted by Crippen LogP contribution is -2.29. The third-order valence-electron chi connectivity index (χ3n) is 3.86. The molecular formula is C15H22N2O2. The Kier molecular flexibility index (Phi) is 4.08. The van der Waals surface area contributed by atoms with E-state index in [9.17, 15) is 4.79 Å². The van der Waals surface area contributed by atoms with Crippen LogP contribution < -0.4 is 5.32 Å². The molecule has 1 heterocycles. The summed E-state index contributed by atoms with van der Waals surface area (Å²) in [4.78, 5) is 15.4. The second-order valence-electron chi connectivity index (χ2n) is 6.00. The van der Waals surface area contributed by atoms with Crippen molar-refractivity contribution in [2.75, 3.05) is 12.4 Å². The number of hydrogen-bond acceptors (Lipinski definition) is 4. The van der Waals surface area contributed by atoms with Crippen molar-refractivity contribution in [1.29, 1.82) is 0 Å². The molecule has 0 aliphatic heterocycles. The standard InChI is InChI=1S/C15H22N2O2/c1-15(2)7-4-11(5-8-15)17-12-6-9-16-13(10-12)14(18)19-3/h6,9-11H,4-5,7-8H2,1-3H3,(H,16,17). The van der Waals surface area contributed by atoms with Crippen molar-refractivity contribution in [2.24, 2.45) is 5.41 Å². The normalized spacial score (nSPS) is 18.9. The van der Waals surface area contributed by atoms with E-state index < -0.39 is 5.97 Å². The lowest BCUT2D eigenvalue weighted by Gasteiger charge is -2.35. The van der Waals surface area contributed by atoms with Gasteiger partial charge in [0.05, 0.1) is 7.11 Å². The fourth-order valence-corrected chi connectivity index (χ4v) is 2.52. The maximum absolute atomic E-state index is 11.4. The molecule has 0 unspecified atom stereocenters. The van der Waals surface area contributed by atoms with E-state index in [1.807, 2.05) is 6.07 Å². The van der Waals surface area contributed by atoms with Gasteiger partial charge >= 0.3 is 5.97 Å². The number of carbonyl (C=O) groups is 1. The summed E-state index contributed by atoms with van der Waals surface area (Å²) in [6.07, 6.45) is 6.45. The molecule has 1 aromatic heterocycles. The molecule has 19 heavy (non-hydrogen) atoms. The largest absolute Gasteiger partial charge is 0.464 e. The summed E-state index contributed by atoms with van der Waals surface area (Å²) in [5.41, 5.74) is 1.76. The summed E-state index contributed by atoms with van der Waals surface area (Å²) in [6.45, 7) is 4.65. The van der Waals surface area contributed by atoms with Crippen LogP contribution >= 0.6 is 0 Å². The topological polar surface area (TPSA) is 51.2 Å². The molecule has 0 bridgehead atoms. The van der Waals surface area contributed by atoms with Gasteiger partial charge in [0.1, 0.15) is 5.69 Å². The number of anilines is 1. The van der Waals surface area contributed by atoms with Crippen LogP contribution in [0.4, 0.5) is 5.69 Å². The van der Waals surface area contributed by atoms with Crippen molar-refractivity contribution in [3.63, 3.8) is 0 Å². The zero-order valence-electron chi connectivity index (χ0n) is 11.9. The Balaban J connectivity index is 1.98. The summed E-state index contributed by atoms with van der Waals surface area (Å²) < 4.78 is 4.68. The number of methoxy groups -OCH3 is 1. The van der Waals surface area contributed by atoms with Gasteiger partial charge in [-0.25, -0.2) is 9.78 Å². The summed E-state index contributed by atoms with van der Waals surface area (Å²) in [5.74, 6) is -0.395. The van der Waals surface area contributed by atoms with Gasteiger partial charge in [0.25, 0.3) is 0 Å². The third kappa shape index (κ3) is 3.69. The van der Waals surface area contributed by atoms with E-state index >= 15 is 0 Å². The number of nitrogens with one attached hydrogen (secondary N) is 1. The van der Waals surface area contributed by atoms with Gasteiger partial charge in [-0.2, -0.15) is 0 Å². The van der Waals surface area contributed by atoms with E-state index in [0.717, 1.165) is 5.69 Å². The number of pyridine rings is 1. The summed E-state index contributed by atoms with van der Waals surface area (Å²) in [6, 6.07) is 4.14. The summed E-state index contributed by atoms with van der Waals surface area (Å²) in [5, 5.41) is 3.49. The molecule has 1 N–H and O–H groups in total. The maximum atomic E-state index is 11.4. The first kappa shape index (κ1) is 13.8. The van der Waals surface area contributed by atoms with Gasteiger partial charge < -0.3 is 10.1 Å². The molecule has 1 aliphatic carbocycles. The molecule has 0 saturated heterocycles. The highest BCUT2D eigenvalue weighted by atomic mass is 16.5. The fraction of sp³-hybridized carbons (Fsp3) is 0.600. The molecule has 0 spiro atoms.